The lowest BCUT2D eigenvalue weighted by Gasteiger charge is -2.24. The van der Waals surface area contributed by atoms with E-state index in [1.807, 2.05) is 0 Å². The number of imidazole rings is 1. The Labute approximate surface area is 152 Å². The monoisotopic (exact) mass is 385 g/mol. The van der Waals surface area contributed by atoms with Crippen LogP contribution in [0.3, 0.4) is 0 Å². The van der Waals surface area contributed by atoms with Crippen LogP contribution >= 0.6 is 0 Å². The number of rotatable bonds is 6. The van der Waals surface area contributed by atoms with E-state index in [1.165, 1.54) is 33.1 Å². The van der Waals surface area contributed by atoms with Crippen molar-refractivity contribution in [1.29, 1.82) is 0 Å². The molecule has 1 heterocycles. The van der Waals surface area contributed by atoms with E-state index in [1.54, 1.807) is 0 Å². The smallest absolute Gasteiger partial charge is 0.416 e. The number of H-pyrrole nitrogens is 1. The third kappa shape index (κ3) is 4.45. The van der Waals surface area contributed by atoms with Crippen LogP contribution in [-0.4, -0.2) is 46.2 Å². The second kappa shape index (κ2) is 7.39. The number of aryl methyl sites for hydroxylation is 1. The van der Waals surface area contributed by atoms with Gasteiger partial charge in [0.25, 0.3) is 5.91 Å². The van der Waals surface area contributed by atoms with Crippen LogP contribution in [0.25, 0.3) is 11.4 Å². The van der Waals surface area contributed by atoms with Gasteiger partial charge in [-0.1, -0.05) is 12.1 Å². The zero-order valence-corrected chi connectivity index (χ0v) is 14.8. The molecule has 27 heavy (non-hydrogen) atoms. The Morgan fingerprint density at radius 2 is 2.00 bits per heavy atom. The highest BCUT2D eigenvalue weighted by molar-refractivity contribution is 5.97. The predicted octanol–water partition coefficient (Wildman–Crippen LogP) is 2.62. The Bertz CT molecular complexity index is 863. The van der Waals surface area contributed by atoms with Crippen molar-refractivity contribution in [2.24, 2.45) is 0 Å². The number of nitrogens with zero attached hydrogens (tertiary/aromatic N) is 1. The molecule has 146 valence electrons. The van der Waals surface area contributed by atoms with Gasteiger partial charge in [0.15, 0.2) is 5.54 Å². The fourth-order valence-corrected chi connectivity index (χ4v) is 2.41. The maximum absolute atomic E-state index is 12.9. The summed E-state index contributed by atoms with van der Waals surface area (Å²) in [5.41, 5.74) is -2.23. The van der Waals surface area contributed by atoms with Crippen molar-refractivity contribution in [1.82, 2.24) is 15.3 Å². The molecule has 2 rings (SSSR count). The van der Waals surface area contributed by atoms with Gasteiger partial charge in [0.2, 0.25) is 0 Å². The molecule has 1 unspecified atom stereocenters. The van der Waals surface area contributed by atoms with Gasteiger partial charge in [-0.05, 0) is 26.0 Å². The molecule has 1 atom stereocenters. The Morgan fingerprint density at radius 1 is 1.33 bits per heavy atom. The molecule has 10 heteroatoms. The Hall–Kier alpha value is -2.88. The molecular weight excluding hydrogens is 367 g/mol. The standard InChI is InChI=1S/C17H18F3N3O4/c1-9-12(14(24)23-16(2,8-27-3)15(25)26)22-13(21-9)10-5-4-6-11(7-10)17(18,19)20/h4-7H,8H2,1-3H3,(H,21,22)(H,23,24)(H,25,26). The third-order valence-corrected chi connectivity index (χ3v) is 3.86. The van der Waals surface area contributed by atoms with Gasteiger partial charge in [0, 0.05) is 18.4 Å². The SMILES string of the molecule is COCC(C)(NC(=O)c1nc(-c2cccc(C(F)(F)F)c2)[nH]c1C)C(=O)O. The molecule has 0 bridgehead atoms. The number of aromatic amines is 1. The van der Waals surface area contributed by atoms with E-state index in [9.17, 15) is 27.9 Å². The first-order valence-electron chi connectivity index (χ1n) is 7.77. The molecule has 1 aromatic carbocycles. The molecule has 0 saturated carbocycles. The number of carboxylic acids is 1. The van der Waals surface area contributed by atoms with Gasteiger partial charge in [-0.2, -0.15) is 13.2 Å². The van der Waals surface area contributed by atoms with Gasteiger partial charge in [-0.25, -0.2) is 9.78 Å². The van der Waals surface area contributed by atoms with Crippen molar-refractivity contribution in [2.45, 2.75) is 25.6 Å². The Morgan fingerprint density at radius 3 is 2.56 bits per heavy atom. The van der Waals surface area contributed by atoms with Crippen LogP contribution in [-0.2, 0) is 15.7 Å². The van der Waals surface area contributed by atoms with E-state index in [0.717, 1.165) is 12.1 Å². The average Bonchev–Trinajstić information content (AvgIpc) is 2.96. The van der Waals surface area contributed by atoms with Crippen molar-refractivity contribution < 1.29 is 32.6 Å². The van der Waals surface area contributed by atoms with Crippen LogP contribution in [0.1, 0.15) is 28.7 Å². The molecule has 0 saturated heterocycles. The zero-order valence-electron chi connectivity index (χ0n) is 14.8. The quantitative estimate of drug-likeness (QED) is 0.709. The summed E-state index contributed by atoms with van der Waals surface area (Å²) in [6.07, 6.45) is -4.51. The summed E-state index contributed by atoms with van der Waals surface area (Å²) in [5, 5.41) is 11.6. The highest BCUT2D eigenvalue weighted by Crippen LogP contribution is 2.31. The summed E-state index contributed by atoms with van der Waals surface area (Å²) < 4.78 is 43.4. The van der Waals surface area contributed by atoms with Crippen LogP contribution in [0.4, 0.5) is 13.2 Å². The third-order valence-electron chi connectivity index (χ3n) is 3.86. The van der Waals surface area contributed by atoms with Crippen LogP contribution in [0, 0.1) is 6.92 Å². The molecule has 0 fully saturated rings. The van der Waals surface area contributed by atoms with Crippen molar-refractivity contribution in [2.75, 3.05) is 13.7 Å². The number of hydrogen-bond acceptors (Lipinski definition) is 4. The lowest BCUT2D eigenvalue weighted by atomic mass is 10.0. The maximum Gasteiger partial charge on any atom is 0.416 e. The summed E-state index contributed by atoms with van der Waals surface area (Å²) in [7, 11) is 1.29. The Balaban J connectivity index is 2.34. The van der Waals surface area contributed by atoms with Gasteiger partial charge in [0.1, 0.15) is 11.5 Å². The number of methoxy groups -OCH3 is 1. The number of aromatic nitrogens is 2. The normalized spacial score (nSPS) is 13.9. The van der Waals surface area contributed by atoms with Crippen molar-refractivity contribution in [3.05, 3.63) is 41.2 Å². The number of ether oxygens (including phenoxy) is 1. The van der Waals surface area contributed by atoms with Crippen molar-refractivity contribution in [3.63, 3.8) is 0 Å². The van der Waals surface area contributed by atoms with E-state index in [2.05, 4.69) is 15.3 Å². The fraction of sp³-hybridized carbons (Fsp3) is 0.353. The first-order chi connectivity index (χ1) is 12.5. The molecule has 3 N–H and O–H groups in total. The molecule has 0 aliphatic rings. The second-order valence-corrected chi connectivity index (χ2v) is 6.16. The van der Waals surface area contributed by atoms with Gasteiger partial charge in [-0.3, -0.25) is 4.79 Å². The number of halogens is 3. The van der Waals surface area contributed by atoms with Gasteiger partial charge < -0.3 is 20.1 Å². The largest absolute Gasteiger partial charge is 0.479 e. The van der Waals surface area contributed by atoms with Gasteiger partial charge in [-0.15, -0.1) is 0 Å². The molecule has 7 nitrogen and oxygen atoms in total. The lowest BCUT2D eigenvalue weighted by Crippen LogP contribution is -2.55. The summed E-state index contributed by atoms with van der Waals surface area (Å²) in [6.45, 7) is 2.50. The number of aliphatic carboxylic acids is 1. The summed E-state index contributed by atoms with van der Waals surface area (Å²) in [5.74, 6) is -2.03. The van der Waals surface area contributed by atoms with E-state index >= 15 is 0 Å². The lowest BCUT2D eigenvalue weighted by molar-refractivity contribution is -0.146. The number of carboxylic acid groups (broad SMARTS) is 1. The number of hydrogen-bond donors (Lipinski definition) is 3. The van der Waals surface area contributed by atoms with Crippen LogP contribution < -0.4 is 5.32 Å². The average molecular weight is 385 g/mol. The highest BCUT2D eigenvalue weighted by atomic mass is 19.4. The number of nitrogens with one attached hydrogen (secondary N) is 2. The van der Waals surface area contributed by atoms with Gasteiger partial charge >= 0.3 is 12.1 Å². The number of alkyl halides is 3. The Kier molecular flexibility index (Phi) is 5.59. The number of amides is 1. The topological polar surface area (TPSA) is 104 Å². The van der Waals surface area contributed by atoms with Gasteiger partial charge in [0.05, 0.1) is 12.2 Å². The summed E-state index contributed by atoms with van der Waals surface area (Å²) >= 11 is 0. The first-order valence-corrected chi connectivity index (χ1v) is 7.77. The van der Waals surface area contributed by atoms with E-state index < -0.39 is 29.2 Å². The fourth-order valence-electron chi connectivity index (χ4n) is 2.41. The molecule has 0 radical (unpaired) electrons. The molecule has 0 spiro atoms. The van der Waals surface area contributed by atoms with Crippen molar-refractivity contribution in [3.8, 4) is 11.4 Å². The second-order valence-electron chi connectivity index (χ2n) is 6.16. The zero-order chi connectivity index (χ0) is 20.4. The molecule has 0 aliphatic carbocycles. The number of carbonyl (C=O) groups excluding carboxylic acids is 1. The van der Waals surface area contributed by atoms with Crippen LogP contribution in [0.5, 0.6) is 0 Å². The molecule has 2 aromatic rings. The van der Waals surface area contributed by atoms with E-state index in [4.69, 9.17) is 4.74 Å². The van der Waals surface area contributed by atoms with E-state index in [0.29, 0.717) is 0 Å². The van der Waals surface area contributed by atoms with E-state index in [-0.39, 0.29) is 29.4 Å². The predicted molar refractivity (Wildman–Crippen MR) is 89.1 cm³/mol. The molecule has 0 aliphatic heterocycles. The molecular formula is C17H18F3N3O4. The molecule has 1 amide bonds. The minimum Gasteiger partial charge on any atom is -0.479 e. The maximum atomic E-state index is 12.9. The van der Waals surface area contributed by atoms with Crippen LogP contribution in [0.15, 0.2) is 24.3 Å². The minimum atomic E-state index is -4.51. The molecule has 1 aromatic heterocycles. The number of carbonyl (C=O) groups is 2. The highest BCUT2D eigenvalue weighted by Gasteiger charge is 2.36. The summed E-state index contributed by atoms with van der Waals surface area (Å²) in [6, 6.07) is 4.49. The summed E-state index contributed by atoms with van der Waals surface area (Å²) in [4.78, 5) is 30.6. The number of benzene rings is 1. The first kappa shape index (κ1) is 20.4. The minimum absolute atomic E-state index is 0.0625. The van der Waals surface area contributed by atoms with Crippen molar-refractivity contribution >= 4 is 11.9 Å². The van der Waals surface area contributed by atoms with Crippen LogP contribution in [0.2, 0.25) is 0 Å².